The fraction of sp³-hybridized carbons (Fsp3) is 0.818. The molecule has 0 aliphatic carbocycles. The molecule has 9 heteroatoms. The maximum absolute atomic E-state index is 13.4. The Labute approximate surface area is 111 Å². The number of amides is 1. The minimum absolute atomic E-state index is 0.409. The van der Waals surface area contributed by atoms with E-state index in [0.717, 1.165) is 4.90 Å². The zero-order valence-corrected chi connectivity index (χ0v) is 10.8. The highest BCUT2D eigenvalue weighted by atomic mass is 19.4. The third kappa shape index (κ3) is 4.04. The molecule has 0 spiro atoms. The zero-order valence-electron chi connectivity index (χ0n) is 10.8. The van der Waals surface area contributed by atoms with E-state index in [9.17, 15) is 31.5 Å². The lowest BCUT2D eigenvalue weighted by Crippen LogP contribution is -2.54. The van der Waals surface area contributed by atoms with Crippen molar-refractivity contribution >= 4 is 11.9 Å². The molecular weight excluding hydrogens is 289 g/mol. The molecule has 0 aromatic carbocycles. The van der Waals surface area contributed by atoms with Crippen LogP contribution in [0.25, 0.3) is 0 Å². The monoisotopic (exact) mass is 303 g/mol. The number of ether oxygens (including phenoxy) is 1. The van der Waals surface area contributed by atoms with E-state index in [1.165, 1.54) is 13.8 Å². The minimum Gasteiger partial charge on any atom is -0.449 e. The average Bonchev–Trinajstić information content (AvgIpc) is 2.28. The van der Waals surface area contributed by atoms with Crippen LogP contribution in [0.5, 0.6) is 0 Å². The van der Waals surface area contributed by atoms with Crippen LogP contribution in [0.15, 0.2) is 0 Å². The minimum atomic E-state index is -4.75. The first kappa shape index (κ1) is 16.6. The molecule has 4 nitrogen and oxygen atoms in total. The summed E-state index contributed by atoms with van der Waals surface area (Å²) in [5, 5.41) is 0. The fourth-order valence-corrected chi connectivity index (χ4v) is 1.92. The number of likely N-dealkylation sites (tertiary alicyclic amines) is 1. The smallest absolute Gasteiger partial charge is 0.422 e. The number of carbonyl (C=O) groups is 2. The zero-order chi connectivity index (χ0) is 15.7. The van der Waals surface area contributed by atoms with Crippen LogP contribution in [0.1, 0.15) is 20.3 Å². The first-order valence-electron chi connectivity index (χ1n) is 5.86. The number of esters is 1. The molecule has 1 aliphatic rings. The molecule has 1 rings (SSSR count). The van der Waals surface area contributed by atoms with Gasteiger partial charge in [0.2, 0.25) is 0 Å². The van der Waals surface area contributed by atoms with Gasteiger partial charge in [0.1, 0.15) is 0 Å². The second kappa shape index (κ2) is 5.53. The summed E-state index contributed by atoms with van der Waals surface area (Å²) in [6, 6.07) is -0.952. The maximum Gasteiger partial charge on any atom is 0.422 e. The molecular formula is C11H14F5NO3. The van der Waals surface area contributed by atoms with Crippen LogP contribution < -0.4 is 0 Å². The highest BCUT2D eigenvalue weighted by Gasteiger charge is 2.47. The number of hydrogen-bond acceptors (Lipinski definition) is 3. The van der Waals surface area contributed by atoms with Crippen molar-refractivity contribution in [3.63, 3.8) is 0 Å². The van der Waals surface area contributed by atoms with Crippen LogP contribution >= 0.6 is 0 Å². The fourth-order valence-electron chi connectivity index (χ4n) is 1.92. The number of alkyl halides is 5. The van der Waals surface area contributed by atoms with E-state index in [0.29, 0.717) is 0 Å². The molecule has 0 aromatic heterocycles. The first-order chi connectivity index (χ1) is 8.94. The van der Waals surface area contributed by atoms with E-state index in [1.807, 2.05) is 0 Å². The van der Waals surface area contributed by atoms with Crippen molar-refractivity contribution in [2.24, 2.45) is 5.92 Å². The molecule has 1 heterocycles. The van der Waals surface area contributed by atoms with E-state index < -0.39 is 55.5 Å². The molecule has 0 aromatic rings. The van der Waals surface area contributed by atoms with Gasteiger partial charge in [0, 0.05) is 24.9 Å². The summed E-state index contributed by atoms with van der Waals surface area (Å²) >= 11 is 0. The van der Waals surface area contributed by atoms with Crippen LogP contribution in [0, 0.1) is 5.92 Å². The molecule has 1 fully saturated rings. The lowest BCUT2D eigenvalue weighted by Gasteiger charge is -2.40. The molecule has 0 N–H and O–H groups in total. The first-order valence-corrected chi connectivity index (χ1v) is 5.86. The molecule has 116 valence electrons. The van der Waals surface area contributed by atoms with Crippen molar-refractivity contribution < 1.29 is 36.3 Å². The highest BCUT2D eigenvalue weighted by Crippen LogP contribution is 2.36. The number of hydrogen-bond donors (Lipinski definition) is 0. The van der Waals surface area contributed by atoms with Gasteiger partial charge in [-0.25, -0.2) is 13.6 Å². The predicted molar refractivity (Wildman–Crippen MR) is 56.9 cm³/mol. The summed E-state index contributed by atoms with van der Waals surface area (Å²) < 4.78 is 66.2. The number of rotatable bonds is 1. The van der Waals surface area contributed by atoms with E-state index in [-0.39, 0.29) is 0 Å². The third-order valence-electron chi connectivity index (χ3n) is 3.09. The molecule has 0 bridgehead atoms. The van der Waals surface area contributed by atoms with Crippen molar-refractivity contribution in [2.45, 2.75) is 38.4 Å². The van der Waals surface area contributed by atoms with Gasteiger partial charge in [0.15, 0.2) is 6.61 Å². The predicted octanol–water partition coefficient (Wildman–Crippen LogP) is 1.98. The van der Waals surface area contributed by atoms with E-state index in [1.54, 1.807) is 0 Å². The van der Waals surface area contributed by atoms with Gasteiger partial charge in [-0.3, -0.25) is 4.79 Å². The van der Waals surface area contributed by atoms with Crippen LogP contribution in [0.3, 0.4) is 0 Å². The van der Waals surface area contributed by atoms with Gasteiger partial charge in [-0.2, -0.15) is 13.2 Å². The quantitative estimate of drug-likeness (QED) is 0.423. The molecule has 0 unspecified atom stereocenters. The largest absolute Gasteiger partial charge is 0.449 e. The van der Waals surface area contributed by atoms with Crippen molar-refractivity contribution in [3.8, 4) is 0 Å². The summed E-state index contributed by atoms with van der Waals surface area (Å²) in [5.41, 5.74) is 0. The molecule has 2 atom stereocenters. The van der Waals surface area contributed by atoms with Crippen molar-refractivity contribution in [3.05, 3.63) is 0 Å². The van der Waals surface area contributed by atoms with Gasteiger partial charge >= 0.3 is 18.1 Å². The Morgan fingerprint density at radius 1 is 1.30 bits per heavy atom. The van der Waals surface area contributed by atoms with E-state index in [2.05, 4.69) is 4.74 Å². The van der Waals surface area contributed by atoms with E-state index >= 15 is 0 Å². The van der Waals surface area contributed by atoms with Gasteiger partial charge in [-0.1, -0.05) is 6.92 Å². The SMILES string of the molecule is C[C@@H]1CN(C(=O)C(=O)OCC(F)(F)F)[C@@H](C)CC1(F)F. The van der Waals surface area contributed by atoms with Gasteiger partial charge in [0.25, 0.3) is 5.92 Å². The Hall–Kier alpha value is -1.41. The lowest BCUT2D eigenvalue weighted by atomic mass is 9.91. The Kier molecular flexibility index (Phi) is 4.60. The van der Waals surface area contributed by atoms with Gasteiger partial charge in [0.05, 0.1) is 0 Å². The van der Waals surface area contributed by atoms with Crippen molar-refractivity contribution in [2.75, 3.05) is 13.2 Å². The Balaban J connectivity index is 2.66. The van der Waals surface area contributed by atoms with Crippen LogP contribution in [0.2, 0.25) is 0 Å². The lowest BCUT2D eigenvalue weighted by molar-refractivity contribution is -0.192. The van der Waals surface area contributed by atoms with Crippen molar-refractivity contribution in [1.82, 2.24) is 4.90 Å². The number of nitrogens with zero attached hydrogens (tertiary/aromatic N) is 1. The Morgan fingerprint density at radius 2 is 1.85 bits per heavy atom. The number of halogens is 5. The van der Waals surface area contributed by atoms with Gasteiger partial charge in [-0.15, -0.1) is 0 Å². The third-order valence-corrected chi connectivity index (χ3v) is 3.09. The Bertz CT molecular complexity index is 396. The molecule has 0 radical (unpaired) electrons. The standard InChI is InChI=1S/C11H14F5NO3/c1-6-4-17(7(2)3-10(6,12)13)8(18)9(19)20-5-11(14,15)16/h6-7H,3-5H2,1-2H3/t6-,7+/m1/s1. The van der Waals surface area contributed by atoms with E-state index in [4.69, 9.17) is 0 Å². The molecule has 1 amide bonds. The average molecular weight is 303 g/mol. The molecule has 1 saturated heterocycles. The summed E-state index contributed by atoms with van der Waals surface area (Å²) in [7, 11) is 0. The van der Waals surface area contributed by atoms with Crippen LogP contribution in [0.4, 0.5) is 22.0 Å². The summed E-state index contributed by atoms with van der Waals surface area (Å²) in [4.78, 5) is 23.6. The molecule has 20 heavy (non-hydrogen) atoms. The second-order valence-electron chi connectivity index (χ2n) is 4.86. The van der Waals surface area contributed by atoms with Gasteiger partial charge < -0.3 is 9.64 Å². The summed E-state index contributed by atoms with van der Waals surface area (Å²) in [6.45, 7) is 0.210. The van der Waals surface area contributed by atoms with Crippen LogP contribution in [-0.4, -0.2) is 48.1 Å². The Morgan fingerprint density at radius 3 is 2.35 bits per heavy atom. The normalized spacial score (nSPS) is 26.2. The number of carbonyl (C=O) groups excluding carboxylic acids is 2. The topological polar surface area (TPSA) is 46.6 Å². The van der Waals surface area contributed by atoms with Crippen molar-refractivity contribution in [1.29, 1.82) is 0 Å². The summed E-state index contributed by atoms with van der Waals surface area (Å²) in [5.74, 6) is -7.18. The maximum atomic E-state index is 13.4. The second-order valence-corrected chi connectivity index (χ2v) is 4.86. The summed E-state index contributed by atoms with van der Waals surface area (Å²) in [6.07, 6.45) is -5.39. The van der Waals surface area contributed by atoms with Gasteiger partial charge in [-0.05, 0) is 6.92 Å². The van der Waals surface area contributed by atoms with Crippen LogP contribution in [-0.2, 0) is 14.3 Å². The highest BCUT2D eigenvalue weighted by molar-refractivity contribution is 6.32. The molecule has 0 saturated carbocycles. The number of piperidine rings is 1. The molecule has 1 aliphatic heterocycles.